The van der Waals surface area contributed by atoms with Crippen LogP contribution in [-0.4, -0.2) is 45.9 Å². The van der Waals surface area contributed by atoms with Gasteiger partial charge in [0.1, 0.15) is 5.75 Å². The zero-order valence-corrected chi connectivity index (χ0v) is 14.0. The number of hydrogen-bond donors (Lipinski definition) is 1. The molecule has 0 amide bonds. The third-order valence-electron chi connectivity index (χ3n) is 4.30. The average molecular weight is 339 g/mol. The summed E-state index contributed by atoms with van der Waals surface area (Å²) < 4.78 is 13.2. The van der Waals surface area contributed by atoms with Gasteiger partial charge in [-0.15, -0.1) is 5.10 Å². The molecule has 1 saturated heterocycles. The van der Waals surface area contributed by atoms with Crippen LogP contribution in [0.5, 0.6) is 5.75 Å². The van der Waals surface area contributed by atoms with E-state index in [2.05, 4.69) is 15.1 Å². The van der Waals surface area contributed by atoms with Crippen molar-refractivity contribution < 1.29 is 9.47 Å². The lowest BCUT2D eigenvalue weighted by Crippen LogP contribution is -2.12. The highest BCUT2D eigenvalue weighted by molar-refractivity contribution is 5.69. The number of ether oxygens (including phenoxy) is 2. The van der Waals surface area contributed by atoms with E-state index in [1.54, 1.807) is 10.7 Å². The zero-order chi connectivity index (χ0) is 17.1. The van der Waals surface area contributed by atoms with Gasteiger partial charge in [0.2, 0.25) is 0 Å². The van der Waals surface area contributed by atoms with Crippen LogP contribution in [0.4, 0.5) is 0 Å². The maximum atomic E-state index is 6.06. The molecule has 3 heterocycles. The van der Waals surface area contributed by atoms with Gasteiger partial charge in [-0.05, 0) is 19.0 Å². The predicted octanol–water partition coefficient (Wildman–Crippen LogP) is 1.71. The van der Waals surface area contributed by atoms with Crippen LogP contribution in [0.15, 0.2) is 36.7 Å². The minimum atomic E-state index is 0.461. The first-order chi connectivity index (χ1) is 12.3. The van der Waals surface area contributed by atoms with E-state index in [1.165, 1.54) is 0 Å². The molecule has 2 N–H and O–H groups in total. The lowest BCUT2D eigenvalue weighted by atomic mass is 10.1. The van der Waals surface area contributed by atoms with Crippen molar-refractivity contribution in [3.63, 3.8) is 0 Å². The topological polar surface area (TPSA) is 87.6 Å². The van der Waals surface area contributed by atoms with Crippen LogP contribution < -0.4 is 10.5 Å². The quantitative estimate of drug-likeness (QED) is 0.735. The molecule has 0 bridgehead atoms. The summed E-state index contributed by atoms with van der Waals surface area (Å²) >= 11 is 0. The number of nitrogens with two attached hydrogens (primary N) is 1. The fourth-order valence-electron chi connectivity index (χ4n) is 2.95. The van der Waals surface area contributed by atoms with E-state index in [9.17, 15) is 0 Å². The summed E-state index contributed by atoms with van der Waals surface area (Å²) in [5.41, 5.74) is 7.51. The maximum absolute atomic E-state index is 6.06. The molecule has 0 spiro atoms. The molecular formula is C18H21N5O2. The maximum Gasteiger partial charge on any atom is 0.252 e. The Labute approximate surface area is 145 Å². The first-order valence-electron chi connectivity index (χ1n) is 8.55. The molecule has 7 heteroatoms. The number of hydrogen-bond acceptors (Lipinski definition) is 6. The van der Waals surface area contributed by atoms with Crippen molar-refractivity contribution in [3.05, 3.63) is 42.5 Å². The lowest BCUT2D eigenvalue weighted by Gasteiger charge is -2.14. The molecule has 0 radical (unpaired) electrons. The van der Waals surface area contributed by atoms with Crippen LogP contribution in [0, 0.1) is 5.92 Å². The fraction of sp³-hybridized carbons (Fsp3) is 0.389. The van der Waals surface area contributed by atoms with E-state index >= 15 is 0 Å². The smallest absolute Gasteiger partial charge is 0.252 e. The molecule has 4 rings (SSSR count). The fourth-order valence-corrected chi connectivity index (χ4v) is 2.95. The minimum absolute atomic E-state index is 0.461. The summed E-state index contributed by atoms with van der Waals surface area (Å²) in [6.07, 6.45) is 5.42. The van der Waals surface area contributed by atoms with E-state index < -0.39 is 0 Å². The van der Waals surface area contributed by atoms with Crippen LogP contribution in [0.2, 0.25) is 0 Å². The Morgan fingerprint density at radius 1 is 1.32 bits per heavy atom. The van der Waals surface area contributed by atoms with Crippen molar-refractivity contribution in [1.82, 2.24) is 19.6 Å². The molecule has 0 aliphatic carbocycles. The normalized spacial score (nSPS) is 17.2. The molecule has 7 nitrogen and oxygen atoms in total. The number of benzene rings is 1. The van der Waals surface area contributed by atoms with Crippen molar-refractivity contribution >= 4 is 5.78 Å². The highest BCUT2D eigenvalue weighted by Crippen LogP contribution is 2.30. The Kier molecular flexibility index (Phi) is 4.58. The Morgan fingerprint density at radius 3 is 3.08 bits per heavy atom. The van der Waals surface area contributed by atoms with Crippen molar-refractivity contribution in [2.45, 2.75) is 12.8 Å². The third-order valence-corrected chi connectivity index (χ3v) is 4.30. The van der Waals surface area contributed by atoms with E-state index in [-0.39, 0.29) is 0 Å². The van der Waals surface area contributed by atoms with Gasteiger partial charge in [-0.25, -0.2) is 9.50 Å². The van der Waals surface area contributed by atoms with Gasteiger partial charge in [-0.1, -0.05) is 18.2 Å². The Hall–Kier alpha value is -2.51. The van der Waals surface area contributed by atoms with Crippen LogP contribution in [-0.2, 0) is 11.2 Å². The largest absolute Gasteiger partial charge is 0.493 e. The molecule has 1 aliphatic rings. The van der Waals surface area contributed by atoms with Gasteiger partial charge in [0.25, 0.3) is 5.78 Å². The molecule has 1 aliphatic heterocycles. The Bertz CT molecular complexity index is 858. The summed E-state index contributed by atoms with van der Waals surface area (Å²) in [6.45, 7) is 2.79. The summed E-state index contributed by atoms with van der Waals surface area (Å²) in [5.74, 6) is 2.59. The average Bonchev–Trinajstić information content (AvgIpc) is 3.29. The van der Waals surface area contributed by atoms with Gasteiger partial charge in [0.15, 0.2) is 5.82 Å². The number of para-hydroxylation sites is 1. The molecule has 1 aromatic carbocycles. The predicted molar refractivity (Wildman–Crippen MR) is 93.4 cm³/mol. The van der Waals surface area contributed by atoms with Crippen LogP contribution in [0.25, 0.3) is 16.9 Å². The third kappa shape index (κ3) is 3.47. The van der Waals surface area contributed by atoms with Crippen molar-refractivity contribution in [2.24, 2.45) is 11.7 Å². The Morgan fingerprint density at radius 2 is 2.24 bits per heavy atom. The molecule has 130 valence electrons. The van der Waals surface area contributed by atoms with Gasteiger partial charge in [0.05, 0.1) is 13.2 Å². The summed E-state index contributed by atoms with van der Waals surface area (Å²) in [4.78, 5) is 8.78. The summed E-state index contributed by atoms with van der Waals surface area (Å²) in [7, 11) is 0. The van der Waals surface area contributed by atoms with Gasteiger partial charge in [0, 0.05) is 42.5 Å². The number of rotatable bonds is 6. The van der Waals surface area contributed by atoms with Gasteiger partial charge < -0.3 is 15.2 Å². The number of aromatic nitrogens is 4. The van der Waals surface area contributed by atoms with Crippen molar-refractivity contribution in [2.75, 3.05) is 26.4 Å². The van der Waals surface area contributed by atoms with E-state index in [0.717, 1.165) is 36.5 Å². The molecule has 1 unspecified atom stereocenters. The second-order valence-corrected chi connectivity index (χ2v) is 6.19. The number of nitrogens with zero attached hydrogens (tertiary/aromatic N) is 4. The van der Waals surface area contributed by atoms with E-state index in [4.69, 9.17) is 15.2 Å². The summed E-state index contributed by atoms with van der Waals surface area (Å²) in [5, 5.41) is 4.43. The van der Waals surface area contributed by atoms with Crippen LogP contribution in [0.1, 0.15) is 12.2 Å². The molecule has 1 atom stereocenters. The van der Waals surface area contributed by atoms with Gasteiger partial charge >= 0.3 is 0 Å². The van der Waals surface area contributed by atoms with Crippen LogP contribution >= 0.6 is 0 Å². The van der Waals surface area contributed by atoms with Crippen molar-refractivity contribution in [1.29, 1.82) is 0 Å². The highest BCUT2D eigenvalue weighted by Gasteiger charge is 2.17. The highest BCUT2D eigenvalue weighted by atomic mass is 16.5. The first-order valence-corrected chi connectivity index (χ1v) is 8.55. The monoisotopic (exact) mass is 339 g/mol. The van der Waals surface area contributed by atoms with Gasteiger partial charge in [-0.2, -0.15) is 4.98 Å². The Balaban J connectivity index is 1.60. The second-order valence-electron chi connectivity index (χ2n) is 6.19. The second kappa shape index (κ2) is 7.16. The zero-order valence-electron chi connectivity index (χ0n) is 14.0. The first kappa shape index (κ1) is 16.0. The molecule has 1 fully saturated rings. The SMILES string of the molecule is NCCc1nc2ncc(-c3ccccc3OCC3CCOC3)cn2n1. The van der Waals surface area contributed by atoms with Crippen molar-refractivity contribution in [3.8, 4) is 16.9 Å². The van der Waals surface area contributed by atoms with E-state index in [0.29, 0.717) is 37.1 Å². The standard InChI is InChI=1S/C18H21N5O2/c19-7-5-17-21-18-20-9-14(10-23(18)22-17)15-3-1-2-4-16(15)25-12-13-6-8-24-11-13/h1-4,9-10,13H,5-8,11-12,19H2. The van der Waals surface area contributed by atoms with E-state index in [1.807, 2.05) is 30.5 Å². The molecule has 2 aromatic heterocycles. The van der Waals surface area contributed by atoms with Crippen LogP contribution in [0.3, 0.4) is 0 Å². The minimum Gasteiger partial charge on any atom is -0.493 e. The molecule has 25 heavy (non-hydrogen) atoms. The number of fused-ring (bicyclic) bond motifs is 1. The molecular weight excluding hydrogens is 318 g/mol. The molecule has 3 aromatic rings. The van der Waals surface area contributed by atoms with Gasteiger partial charge in [-0.3, -0.25) is 0 Å². The molecule has 0 saturated carbocycles. The summed E-state index contributed by atoms with van der Waals surface area (Å²) in [6, 6.07) is 7.98. The lowest BCUT2D eigenvalue weighted by molar-refractivity contribution is 0.167.